The fourth-order valence-corrected chi connectivity index (χ4v) is 2.14. The summed E-state index contributed by atoms with van der Waals surface area (Å²) in [6, 6.07) is 0. The molecule has 2 heteroatoms. The smallest absolute Gasteiger partial charge is 0.303 e. The molecule has 0 aromatic heterocycles. The molecule has 0 aromatic rings. The summed E-state index contributed by atoms with van der Waals surface area (Å²) in [5, 5.41) is 0. The van der Waals surface area contributed by atoms with Gasteiger partial charge in [0.15, 0.2) is 0 Å². The molecule has 0 aliphatic heterocycles. The number of rotatable bonds is 3. The highest BCUT2D eigenvalue weighted by Gasteiger charge is 2.28. The van der Waals surface area contributed by atoms with Crippen LogP contribution in [0.5, 0.6) is 0 Å². The van der Waals surface area contributed by atoms with Crippen molar-refractivity contribution in [1.29, 1.82) is 0 Å². The Kier molecular flexibility index (Phi) is 4.34. The molecule has 0 aromatic carbocycles. The summed E-state index contributed by atoms with van der Waals surface area (Å²) in [5.41, 5.74) is 2.58. The van der Waals surface area contributed by atoms with E-state index in [1.165, 1.54) is 18.1 Å². The largest absolute Gasteiger partial charge is 0.457 e. The standard InChI is InChI=1S/C14H22O2/c1-6-12-7-10(4)14(16-11(5)15)13(8-12)9(2)3/h7-10,14H,6H2,1-5H3. The SMILES string of the molecule is CCC1=CC(C)C(OC(C)=O)C(C(C)C)=C1. The first-order valence-corrected chi connectivity index (χ1v) is 6.05. The fraction of sp³-hybridized carbons (Fsp3) is 0.643. The second kappa shape index (κ2) is 5.33. The van der Waals surface area contributed by atoms with Crippen LogP contribution in [0.1, 0.15) is 41.0 Å². The van der Waals surface area contributed by atoms with Crippen LogP contribution in [0.3, 0.4) is 0 Å². The molecule has 0 N–H and O–H groups in total. The van der Waals surface area contributed by atoms with Crippen LogP contribution in [0.4, 0.5) is 0 Å². The normalized spacial score (nSPS) is 25.1. The summed E-state index contributed by atoms with van der Waals surface area (Å²) in [7, 11) is 0. The molecule has 0 heterocycles. The van der Waals surface area contributed by atoms with Crippen molar-refractivity contribution in [2.45, 2.75) is 47.1 Å². The molecule has 16 heavy (non-hydrogen) atoms. The first kappa shape index (κ1) is 13.0. The lowest BCUT2D eigenvalue weighted by Gasteiger charge is -2.30. The Bertz CT molecular complexity index is 324. The van der Waals surface area contributed by atoms with Crippen LogP contribution in [0, 0.1) is 11.8 Å². The number of esters is 1. The molecule has 2 unspecified atom stereocenters. The van der Waals surface area contributed by atoms with E-state index in [9.17, 15) is 4.79 Å². The molecule has 2 nitrogen and oxygen atoms in total. The Morgan fingerprint density at radius 3 is 2.56 bits per heavy atom. The van der Waals surface area contributed by atoms with Crippen molar-refractivity contribution in [2.75, 3.05) is 0 Å². The number of hydrogen-bond acceptors (Lipinski definition) is 2. The Hall–Kier alpha value is -1.05. The van der Waals surface area contributed by atoms with Gasteiger partial charge in [-0.1, -0.05) is 45.4 Å². The van der Waals surface area contributed by atoms with E-state index in [4.69, 9.17) is 4.74 Å². The highest BCUT2D eigenvalue weighted by atomic mass is 16.5. The number of hydrogen-bond donors (Lipinski definition) is 0. The molecule has 0 bridgehead atoms. The van der Waals surface area contributed by atoms with Crippen molar-refractivity contribution >= 4 is 5.97 Å². The number of ether oxygens (including phenoxy) is 1. The van der Waals surface area contributed by atoms with E-state index in [0.29, 0.717) is 5.92 Å². The fourth-order valence-electron chi connectivity index (χ4n) is 2.14. The molecule has 2 atom stereocenters. The molecular formula is C14H22O2. The highest BCUT2D eigenvalue weighted by molar-refractivity contribution is 5.66. The summed E-state index contributed by atoms with van der Waals surface area (Å²) >= 11 is 0. The van der Waals surface area contributed by atoms with Crippen molar-refractivity contribution in [3.05, 3.63) is 23.3 Å². The topological polar surface area (TPSA) is 26.3 Å². The van der Waals surface area contributed by atoms with Gasteiger partial charge in [0.1, 0.15) is 6.10 Å². The van der Waals surface area contributed by atoms with Gasteiger partial charge in [0, 0.05) is 12.8 Å². The number of carbonyl (C=O) groups is 1. The lowest BCUT2D eigenvalue weighted by Crippen LogP contribution is -2.30. The molecule has 1 rings (SSSR count). The predicted octanol–water partition coefficient (Wildman–Crippen LogP) is 3.49. The molecular weight excluding hydrogens is 200 g/mol. The summed E-state index contributed by atoms with van der Waals surface area (Å²) in [6.07, 6.45) is 5.36. The molecule has 0 amide bonds. The molecule has 0 fully saturated rings. The van der Waals surface area contributed by atoms with Gasteiger partial charge >= 0.3 is 5.97 Å². The van der Waals surface area contributed by atoms with Crippen LogP contribution < -0.4 is 0 Å². The molecule has 1 aliphatic carbocycles. The van der Waals surface area contributed by atoms with E-state index >= 15 is 0 Å². The Labute approximate surface area is 98.4 Å². The van der Waals surface area contributed by atoms with Gasteiger partial charge in [-0.25, -0.2) is 0 Å². The van der Waals surface area contributed by atoms with Gasteiger partial charge in [-0.3, -0.25) is 4.79 Å². The highest BCUT2D eigenvalue weighted by Crippen LogP contribution is 2.31. The summed E-state index contributed by atoms with van der Waals surface area (Å²) in [6.45, 7) is 10.0. The minimum absolute atomic E-state index is 0.0761. The van der Waals surface area contributed by atoms with E-state index in [-0.39, 0.29) is 18.0 Å². The second-order valence-corrected chi connectivity index (χ2v) is 4.78. The van der Waals surface area contributed by atoms with Crippen molar-refractivity contribution in [3.8, 4) is 0 Å². The molecule has 90 valence electrons. The maximum Gasteiger partial charge on any atom is 0.303 e. The summed E-state index contributed by atoms with van der Waals surface area (Å²) in [4.78, 5) is 11.1. The van der Waals surface area contributed by atoms with E-state index in [0.717, 1.165) is 6.42 Å². The zero-order valence-electron chi connectivity index (χ0n) is 10.9. The maximum absolute atomic E-state index is 11.1. The van der Waals surface area contributed by atoms with Crippen molar-refractivity contribution in [2.24, 2.45) is 11.8 Å². The van der Waals surface area contributed by atoms with Crippen molar-refractivity contribution in [3.63, 3.8) is 0 Å². The summed E-state index contributed by atoms with van der Waals surface area (Å²) < 4.78 is 5.42. The predicted molar refractivity (Wildman–Crippen MR) is 66.0 cm³/mol. The average Bonchev–Trinajstić information content (AvgIpc) is 2.19. The van der Waals surface area contributed by atoms with Crippen LogP contribution in [-0.2, 0) is 9.53 Å². The minimum Gasteiger partial charge on any atom is -0.457 e. The molecule has 0 spiro atoms. The van der Waals surface area contributed by atoms with Gasteiger partial charge in [0.05, 0.1) is 0 Å². The van der Waals surface area contributed by atoms with Crippen LogP contribution in [0.15, 0.2) is 23.3 Å². The lowest BCUT2D eigenvalue weighted by atomic mass is 9.82. The lowest BCUT2D eigenvalue weighted by molar-refractivity contribution is -0.146. The maximum atomic E-state index is 11.1. The van der Waals surface area contributed by atoms with Crippen LogP contribution in [0.25, 0.3) is 0 Å². The first-order valence-electron chi connectivity index (χ1n) is 6.05. The molecule has 0 saturated carbocycles. The van der Waals surface area contributed by atoms with Crippen LogP contribution in [0.2, 0.25) is 0 Å². The molecule has 0 saturated heterocycles. The van der Waals surface area contributed by atoms with E-state index in [1.807, 2.05) is 0 Å². The zero-order chi connectivity index (χ0) is 12.3. The monoisotopic (exact) mass is 222 g/mol. The third kappa shape index (κ3) is 2.97. The Morgan fingerprint density at radius 1 is 1.50 bits per heavy atom. The van der Waals surface area contributed by atoms with Gasteiger partial charge in [-0.15, -0.1) is 0 Å². The average molecular weight is 222 g/mol. The molecule has 0 radical (unpaired) electrons. The van der Waals surface area contributed by atoms with E-state index in [2.05, 4.69) is 39.8 Å². The van der Waals surface area contributed by atoms with Crippen molar-refractivity contribution < 1.29 is 9.53 Å². The quantitative estimate of drug-likeness (QED) is 0.683. The van der Waals surface area contributed by atoms with Gasteiger partial charge in [-0.2, -0.15) is 0 Å². The minimum atomic E-state index is -0.197. The second-order valence-electron chi connectivity index (χ2n) is 4.78. The van der Waals surface area contributed by atoms with Gasteiger partial charge in [-0.05, 0) is 17.9 Å². The van der Waals surface area contributed by atoms with Gasteiger partial charge < -0.3 is 4.74 Å². The number of allylic oxidation sites excluding steroid dienone is 2. The Balaban J connectivity index is 2.96. The van der Waals surface area contributed by atoms with E-state index in [1.54, 1.807) is 0 Å². The van der Waals surface area contributed by atoms with Gasteiger partial charge in [0.2, 0.25) is 0 Å². The Morgan fingerprint density at radius 2 is 2.12 bits per heavy atom. The molecule has 1 aliphatic rings. The summed E-state index contributed by atoms with van der Waals surface area (Å²) in [5.74, 6) is 0.500. The van der Waals surface area contributed by atoms with E-state index < -0.39 is 0 Å². The van der Waals surface area contributed by atoms with Crippen molar-refractivity contribution in [1.82, 2.24) is 0 Å². The zero-order valence-corrected chi connectivity index (χ0v) is 10.9. The third-order valence-electron chi connectivity index (χ3n) is 3.00. The van der Waals surface area contributed by atoms with Gasteiger partial charge in [0.25, 0.3) is 0 Å². The third-order valence-corrected chi connectivity index (χ3v) is 3.00. The number of carbonyl (C=O) groups excluding carboxylic acids is 1. The first-order chi connectivity index (χ1) is 7.45. The van der Waals surface area contributed by atoms with Crippen LogP contribution >= 0.6 is 0 Å². The van der Waals surface area contributed by atoms with Crippen LogP contribution in [-0.4, -0.2) is 12.1 Å².